The lowest BCUT2D eigenvalue weighted by atomic mass is 9.96. The second kappa shape index (κ2) is 2.65. The number of allylic oxidation sites excluding steroid dienone is 2. The van der Waals surface area contributed by atoms with Crippen LogP contribution in [0.3, 0.4) is 0 Å². The Kier molecular flexibility index (Phi) is 1.43. The van der Waals surface area contributed by atoms with Gasteiger partial charge >= 0.3 is 0 Å². The van der Waals surface area contributed by atoms with Crippen molar-refractivity contribution in [3.63, 3.8) is 0 Å². The molecule has 1 unspecified atom stereocenters. The van der Waals surface area contributed by atoms with Gasteiger partial charge in [0.2, 0.25) is 0 Å². The van der Waals surface area contributed by atoms with Gasteiger partial charge in [-0.3, -0.25) is 0 Å². The van der Waals surface area contributed by atoms with Crippen LogP contribution < -0.4 is 0 Å². The first-order valence-electron chi connectivity index (χ1n) is 3.38. The minimum absolute atomic E-state index is 0.594. The maximum Gasteiger partial charge on any atom is 0.123 e. The molecule has 1 heteroatoms. The largest absolute Gasteiger partial charge is 0.303 e. The van der Waals surface area contributed by atoms with Crippen molar-refractivity contribution in [3.8, 4) is 0 Å². The zero-order valence-corrected chi connectivity index (χ0v) is 4.76. The summed E-state index contributed by atoms with van der Waals surface area (Å²) in [7, 11) is 0. The van der Waals surface area contributed by atoms with E-state index in [9.17, 15) is 4.79 Å². The van der Waals surface area contributed by atoms with Crippen LogP contribution in [0, 0.1) is 5.89 Å². The monoisotopic (exact) mass is 111 g/mol. The standard InChI is InChI=1S/C7H10O/c8-6-7-4-2-1-3-5-7/h1-2,6-7H,3-5H2/i7D. The number of carbonyl (C=O) groups excluding carboxylic acids is 1. The topological polar surface area (TPSA) is 17.1 Å². The smallest absolute Gasteiger partial charge is 0.123 e. The fourth-order valence-corrected chi connectivity index (χ4v) is 0.830. The Balaban J connectivity index is 2.60. The summed E-state index contributed by atoms with van der Waals surface area (Å²) in [5, 5.41) is 0. The van der Waals surface area contributed by atoms with Crippen molar-refractivity contribution in [2.24, 2.45) is 5.89 Å². The SMILES string of the molecule is [2H]C1(C=O)CC=CCC1. The normalized spacial score (nSPS) is 38.8. The van der Waals surface area contributed by atoms with Crippen LogP contribution >= 0.6 is 0 Å². The fourth-order valence-electron chi connectivity index (χ4n) is 0.830. The number of hydrogen-bond acceptors (Lipinski definition) is 1. The number of hydrogen-bond donors (Lipinski definition) is 0. The Morgan fingerprint density at radius 2 is 2.62 bits per heavy atom. The highest BCUT2D eigenvalue weighted by molar-refractivity contribution is 5.54. The van der Waals surface area contributed by atoms with Crippen molar-refractivity contribution in [1.82, 2.24) is 0 Å². The third-order valence-corrected chi connectivity index (χ3v) is 1.35. The second-order valence-electron chi connectivity index (χ2n) is 1.99. The van der Waals surface area contributed by atoms with Crippen LogP contribution in [0.1, 0.15) is 20.6 Å². The van der Waals surface area contributed by atoms with Gasteiger partial charge in [0.1, 0.15) is 6.29 Å². The lowest BCUT2D eigenvalue weighted by Crippen LogP contribution is -2.02. The number of rotatable bonds is 1. The van der Waals surface area contributed by atoms with Gasteiger partial charge in [0, 0.05) is 7.26 Å². The van der Waals surface area contributed by atoms with E-state index in [0.717, 1.165) is 12.7 Å². The van der Waals surface area contributed by atoms with Crippen molar-refractivity contribution in [1.29, 1.82) is 0 Å². The number of aldehydes is 1. The average molecular weight is 111 g/mol. The summed E-state index contributed by atoms with van der Waals surface area (Å²) in [5.41, 5.74) is 0. The molecular weight excluding hydrogens is 100 g/mol. The Morgan fingerprint density at radius 1 is 1.75 bits per heavy atom. The van der Waals surface area contributed by atoms with Crippen LogP contribution in [-0.4, -0.2) is 6.29 Å². The van der Waals surface area contributed by atoms with Crippen LogP contribution in [0.4, 0.5) is 0 Å². The van der Waals surface area contributed by atoms with Crippen molar-refractivity contribution in [2.75, 3.05) is 0 Å². The predicted molar refractivity (Wildman–Crippen MR) is 32.5 cm³/mol. The summed E-state index contributed by atoms with van der Waals surface area (Å²) < 4.78 is 7.45. The first-order valence-corrected chi connectivity index (χ1v) is 2.88. The molecule has 0 radical (unpaired) electrons. The van der Waals surface area contributed by atoms with Gasteiger partial charge in [0.05, 0.1) is 0 Å². The summed E-state index contributed by atoms with van der Waals surface area (Å²) in [6.45, 7) is 0. The van der Waals surface area contributed by atoms with E-state index < -0.39 is 5.89 Å². The van der Waals surface area contributed by atoms with Gasteiger partial charge in [-0.1, -0.05) is 12.2 Å². The van der Waals surface area contributed by atoms with Gasteiger partial charge in [-0.25, -0.2) is 0 Å². The maximum atomic E-state index is 10.3. The van der Waals surface area contributed by atoms with Crippen molar-refractivity contribution >= 4 is 6.29 Å². The van der Waals surface area contributed by atoms with Crippen LogP contribution in [0.5, 0.6) is 0 Å². The predicted octanol–water partition coefficient (Wildman–Crippen LogP) is 1.54. The van der Waals surface area contributed by atoms with Crippen LogP contribution in [0.2, 0.25) is 0 Å². The second-order valence-corrected chi connectivity index (χ2v) is 1.99. The molecule has 0 aromatic carbocycles. The maximum absolute atomic E-state index is 10.3. The minimum Gasteiger partial charge on any atom is -0.303 e. The van der Waals surface area contributed by atoms with Gasteiger partial charge in [0.15, 0.2) is 0 Å². The molecule has 0 bridgehead atoms. The molecule has 0 N–H and O–H groups in total. The number of carbonyl (C=O) groups is 1. The quantitative estimate of drug-likeness (QED) is 0.370. The zero-order chi connectivity index (χ0) is 6.74. The van der Waals surface area contributed by atoms with Gasteiger partial charge in [-0.2, -0.15) is 0 Å². The van der Waals surface area contributed by atoms with Gasteiger partial charge in [0.25, 0.3) is 0 Å². The van der Waals surface area contributed by atoms with E-state index in [-0.39, 0.29) is 0 Å². The summed E-state index contributed by atoms with van der Waals surface area (Å²) in [6.07, 6.45) is 6.84. The van der Waals surface area contributed by atoms with E-state index in [4.69, 9.17) is 1.37 Å². The first-order chi connectivity index (χ1) is 4.27. The molecule has 44 valence electrons. The van der Waals surface area contributed by atoms with E-state index >= 15 is 0 Å². The highest BCUT2D eigenvalue weighted by atomic mass is 16.1. The first kappa shape index (κ1) is 4.30. The average Bonchev–Trinajstić information content (AvgIpc) is 1.90. The fraction of sp³-hybridized carbons (Fsp3) is 0.571. The molecule has 8 heavy (non-hydrogen) atoms. The van der Waals surface area contributed by atoms with E-state index in [0.29, 0.717) is 12.8 Å². The Labute approximate surface area is 50.8 Å². The van der Waals surface area contributed by atoms with E-state index in [1.54, 1.807) is 0 Å². The lowest BCUT2D eigenvalue weighted by molar-refractivity contribution is -0.111. The molecule has 0 aliphatic heterocycles. The highest BCUT2D eigenvalue weighted by Gasteiger charge is 2.05. The van der Waals surface area contributed by atoms with Crippen molar-refractivity contribution in [2.45, 2.75) is 19.3 Å². The molecule has 1 nitrogen and oxygen atoms in total. The molecular formula is C7H10O. The molecule has 1 rings (SSSR count). The van der Waals surface area contributed by atoms with Crippen LogP contribution in [-0.2, 0) is 4.79 Å². The highest BCUT2D eigenvalue weighted by Crippen LogP contribution is 2.14. The molecule has 1 atom stereocenters. The molecule has 1 aliphatic carbocycles. The van der Waals surface area contributed by atoms with Crippen molar-refractivity contribution in [3.05, 3.63) is 12.2 Å². The third kappa shape index (κ3) is 1.19. The molecule has 0 aromatic heterocycles. The molecule has 0 amide bonds. The van der Waals surface area contributed by atoms with E-state index in [1.165, 1.54) is 0 Å². The Hall–Kier alpha value is -0.590. The molecule has 0 fully saturated rings. The molecule has 1 aliphatic rings. The molecule has 0 saturated carbocycles. The lowest BCUT2D eigenvalue weighted by Gasteiger charge is -2.08. The van der Waals surface area contributed by atoms with E-state index in [1.807, 2.05) is 12.2 Å². The Bertz CT molecular complexity index is 142. The molecule has 0 spiro atoms. The summed E-state index contributed by atoms with van der Waals surface area (Å²) in [6, 6.07) is 0. The summed E-state index contributed by atoms with van der Waals surface area (Å²) in [4.78, 5) is 10.3. The molecule has 0 aromatic rings. The molecule has 0 saturated heterocycles. The Morgan fingerprint density at radius 3 is 3.00 bits per heavy atom. The van der Waals surface area contributed by atoms with Crippen molar-refractivity contribution < 1.29 is 6.17 Å². The minimum atomic E-state index is -0.797. The van der Waals surface area contributed by atoms with Gasteiger partial charge < -0.3 is 4.79 Å². The van der Waals surface area contributed by atoms with Crippen LogP contribution in [0.25, 0.3) is 0 Å². The third-order valence-electron chi connectivity index (χ3n) is 1.35. The van der Waals surface area contributed by atoms with Gasteiger partial charge in [-0.05, 0) is 19.3 Å². The van der Waals surface area contributed by atoms with Gasteiger partial charge in [-0.15, -0.1) is 0 Å². The summed E-state index contributed by atoms with van der Waals surface area (Å²) in [5.74, 6) is -0.797. The zero-order valence-electron chi connectivity index (χ0n) is 5.76. The van der Waals surface area contributed by atoms with Crippen LogP contribution in [0.15, 0.2) is 12.2 Å². The summed E-state index contributed by atoms with van der Waals surface area (Å²) >= 11 is 0. The van der Waals surface area contributed by atoms with E-state index in [2.05, 4.69) is 0 Å². The molecule has 0 heterocycles.